The number of carbonyl (C=O) groups is 3. The molecule has 4 N–H and O–H groups in total. The molecule has 37 heavy (non-hydrogen) atoms. The molecular formula is C27H33ClFN3O5. The standard InChI is InChI=1S/C27H33ClFN3O5/c1-15-19(12-18(29)13-22(15)33)24(35)30-20(10-16-8-6-5-7-9-16)23(34)26(37)32-14-17(28)11-21(32)25(36)31-27(2,3)4/h5-9,12-13,17,20-21,23,33-34H,10-11,14H2,1-4H3,(H,30,35)(H,31,36)/t17-,20-,21-,23-/m0/s1. The molecule has 2 aromatic rings. The van der Waals surface area contributed by atoms with Gasteiger partial charge in [-0.1, -0.05) is 30.3 Å². The lowest BCUT2D eigenvalue weighted by atomic mass is 9.98. The molecule has 0 radical (unpaired) electrons. The lowest BCUT2D eigenvalue weighted by Gasteiger charge is -2.32. The maximum Gasteiger partial charge on any atom is 0.254 e. The van der Waals surface area contributed by atoms with Crippen molar-refractivity contribution >= 4 is 29.3 Å². The average molecular weight is 534 g/mol. The highest BCUT2D eigenvalue weighted by Gasteiger charge is 2.43. The molecule has 1 aliphatic heterocycles. The third-order valence-corrected chi connectivity index (χ3v) is 6.49. The molecule has 0 saturated carbocycles. The van der Waals surface area contributed by atoms with Gasteiger partial charge in [0.25, 0.3) is 11.8 Å². The summed E-state index contributed by atoms with van der Waals surface area (Å²) in [5.74, 6) is -3.09. The Morgan fingerprint density at radius 2 is 1.84 bits per heavy atom. The summed E-state index contributed by atoms with van der Waals surface area (Å²) in [6.45, 7) is 6.97. The summed E-state index contributed by atoms with van der Waals surface area (Å²) >= 11 is 6.30. The number of hydrogen-bond donors (Lipinski definition) is 4. The molecule has 0 spiro atoms. The highest BCUT2D eigenvalue weighted by molar-refractivity contribution is 6.21. The fraction of sp³-hybridized carbons (Fsp3) is 0.444. The van der Waals surface area contributed by atoms with E-state index in [1.165, 1.54) is 11.8 Å². The molecule has 10 heteroatoms. The fourth-order valence-electron chi connectivity index (χ4n) is 4.33. The van der Waals surface area contributed by atoms with Crippen LogP contribution in [0.15, 0.2) is 42.5 Å². The molecule has 0 aromatic heterocycles. The van der Waals surface area contributed by atoms with Gasteiger partial charge in [0.15, 0.2) is 6.10 Å². The third-order valence-electron chi connectivity index (χ3n) is 6.17. The lowest BCUT2D eigenvalue weighted by molar-refractivity contribution is -0.146. The molecule has 200 valence electrons. The van der Waals surface area contributed by atoms with Crippen molar-refractivity contribution < 1.29 is 29.0 Å². The number of carbonyl (C=O) groups excluding carboxylic acids is 3. The van der Waals surface area contributed by atoms with Gasteiger partial charge < -0.3 is 25.7 Å². The first-order valence-corrected chi connectivity index (χ1v) is 12.5. The van der Waals surface area contributed by atoms with Crippen molar-refractivity contribution in [1.29, 1.82) is 0 Å². The van der Waals surface area contributed by atoms with E-state index in [0.717, 1.165) is 17.7 Å². The SMILES string of the molecule is Cc1c(O)cc(F)cc1C(=O)N[C@@H](Cc1ccccc1)[C@H](O)C(=O)N1C[C@@H](Cl)C[C@H]1C(=O)NC(C)(C)C. The van der Waals surface area contributed by atoms with Crippen LogP contribution in [0.25, 0.3) is 0 Å². The van der Waals surface area contributed by atoms with Crippen molar-refractivity contribution in [3.8, 4) is 5.75 Å². The van der Waals surface area contributed by atoms with Crippen molar-refractivity contribution in [3.05, 3.63) is 65.0 Å². The Morgan fingerprint density at radius 1 is 1.19 bits per heavy atom. The van der Waals surface area contributed by atoms with E-state index in [1.54, 1.807) is 30.3 Å². The van der Waals surface area contributed by atoms with E-state index in [1.807, 2.05) is 20.8 Å². The number of rotatable bonds is 7. The second-order valence-corrected chi connectivity index (χ2v) is 11.0. The molecule has 0 unspecified atom stereocenters. The fourth-order valence-corrected chi connectivity index (χ4v) is 4.65. The number of alkyl halides is 1. The van der Waals surface area contributed by atoms with Gasteiger partial charge >= 0.3 is 0 Å². The Labute approximate surface area is 220 Å². The van der Waals surface area contributed by atoms with Crippen LogP contribution < -0.4 is 10.6 Å². The van der Waals surface area contributed by atoms with Crippen LogP contribution in [0.3, 0.4) is 0 Å². The number of aliphatic hydroxyl groups excluding tert-OH is 1. The lowest BCUT2D eigenvalue weighted by Crippen LogP contribution is -2.57. The maximum absolute atomic E-state index is 13.9. The van der Waals surface area contributed by atoms with Crippen LogP contribution in [0.4, 0.5) is 4.39 Å². The topological polar surface area (TPSA) is 119 Å². The molecule has 1 saturated heterocycles. The van der Waals surface area contributed by atoms with Crippen molar-refractivity contribution in [3.63, 3.8) is 0 Å². The van der Waals surface area contributed by atoms with E-state index in [0.29, 0.717) is 0 Å². The Kier molecular flexibility index (Phi) is 8.81. The summed E-state index contributed by atoms with van der Waals surface area (Å²) in [6, 6.07) is 8.80. The summed E-state index contributed by atoms with van der Waals surface area (Å²) in [5.41, 5.74) is 0.228. The first kappa shape index (κ1) is 28.4. The molecule has 1 fully saturated rings. The predicted octanol–water partition coefficient (Wildman–Crippen LogP) is 2.66. The molecule has 2 aromatic carbocycles. The van der Waals surface area contributed by atoms with Crippen LogP contribution in [0.1, 0.15) is 48.7 Å². The molecule has 1 aliphatic rings. The average Bonchev–Trinajstić information content (AvgIpc) is 3.21. The molecule has 8 nitrogen and oxygen atoms in total. The third kappa shape index (κ3) is 7.20. The van der Waals surface area contributed by atoms with Crippen LogP contribution in [0, 0.1) is 12.7 Å². The van der Waals surface area contributed by atoms with Crippen molar-refractivity contribution in [2.45, 2.75) is 69.6 Å². The summed E-state index contributed by atoms with van der Waals surface area (Å²) in [5, 5.41) is 26.1. The van der Waals surface area contributed by atoms with Crippen molar-refractivity contribution in [1.82, 2.24) is 15.5 Å². The van der Waals surface area contributed by atoms with Gasteiger partial charge in [0.1, 0.15) is 17.6 Å². The van der Waals surface area contributed by atoms with E-state index >= 15 is 0 Å². The number of phenolic OH excluding ortho intramolecular Hbond substituents is 1. The minimum absolute atomic E-state index is 0.0581. The zero-order valence-electron chi connectivity index (χ0n) is 21.3. The number of nitrogens with zero attached hydrogens (tertiary/aromatic N) is 1. The summed E-state index contributed by atoms with van der Waals surface area (Å²) < 4.78 is 13.9. The first-order valence-electron chi connectivity index (χ1n) is 12.1. The van der Waals surface area contributed by atoms with Crippen LogP contribution in [-0.2, 0) is 16.0 Å². The van der Waals surface area contributed by atoms with Gasteiger partial charge in [0.2, 0.25) is 5.91 Å². The Bertz CT molecular complexity index is 1150. The van der Waals surface area contributed by atoms with Gasteiger partial charge in [0, 0.05) is 29.3 Å². The van der Waals surface area contributed by atoms with Gasteiger partial charge in [0.05, 0.1) is 11.4 Å². The first-order chi connectivity index (χ1) is 17.3. The Balaban J connectivity index is 1.88. The number of likely N-dealkylation sites (tertiary alicyclic amines) is 1. The summed E-state index contributed by atoms with van der Waals surface area (Å²) in [7, 11) is 0. The Morgan fingerprint density at radius 3 is 2.46 bits per heavy atom. The number of aromatic hydroxyl groups is 1. The van der Waals surface area contributed by atoms with Gasteiger partial charge in [-0.15, -0.1) is 11.6 Å². The monoisotopic (exact) mass is 533 g/mol. The van der Waals surface area contributed by atoms with Crippen molar-refractivity contribution in [2.24, 2.45) is 0 Å². The van der Waals surface area contributed by atoms with Crippen LogP contribution in [0.5, 0.6) is 5.75 Å². The second-order valence-electron chi connectivity index (χ2n) is 10.4. The van der Waals surface area contributed by atoms with E-state index in [-0.39, 0.29) is 42.2 Å². The minimum Gasteiger partial charge on any atom is -0.508 e. The number of hydrogen-bond acceptors (Lipinski definition) is 5. The molecule has 3 rings (SSSR count). The number of nitrogens with one attached hydrogen (secondary N) is 2. The number of benzene rings is 2. The molecule has 4 atom stereocenters. The van der Waals surface area contributed by atoms with Gasteiger partial charge in [-0.05, 0) is 52.2 Å². The molecule has 0 aliphatic carbocycles. The number of amides is 3. The molecular weight excluding hydrogens is 501 g/mol. The van der Waals surface area contributed by atoms with E-state index in [9.17, 15) is 29.0 Å². The largest absolute Gasteiger partial charge is 0.508 e. The van der Waals surface area contributed by atoms with Crippen LogP contribution in [0.2, 0.25) is 0 Å². The zero-order valence-corrected chi connectivity index (χ0v) is 22.1. The Hall–Kier alpha value is -3.17. The molecule has 1 heterocycles. The quantitative estimate of drug-likeness (QED) is 0.408. The van der Waals surface area contributed by atoms with E-state index < -0.39 is 46.7 Å². The number of phenols is 1. The van der Waals surface area contributed by atoms with E-state index in [2.05, 4.69) is 10.6 Å². The number of aliphatic hydroxyl groups is 1. The zero-order chi connectivity index (χ0) is 27.5. The predicted molar refractivity (Wildman–Crippen MR) is 138 cm³/mol. The van der Waals surface area contributed by atoms with E-state index in [4.69, 9.17) is 11.6 Å². The van der Waals surface area contributed by atoms with Gasteiger partial charge in [-0.2, -0.15) is 0 Å². The van der Waals surface area contributed by atoms with Gasteiger partial charge in [-0.3, -0.25) is 14.4 Å². The second kappa shape index (κ2) is 11.5. The normalized spacial score (nSPS) is 19.3. The maximum atomic E-state index is 13.9. The highest BCUT2D eigenvalue weighted by atomic mass is 35.5. The minimum atomic E-state index is -1.72. The van der Waals surface area contributed by atoms with Gasteiger partial charge in [-0.25, -0.2) is 4.39 Å². The molecule has 0 bridgehead atoms. The summed E-state index contributed by atoms with van der Waals surface area (Å²) in [6.07, 6.45) is -1.42. The molecule has 3 amide bonds. The van der Waals surface area contributed by atoms with Crippen LogP contribution >= 0.6 is 11.6 Å². The smallest absolute Gasteiger partial charge is 0.254 e. The van der Waals surface area contributed by atoms with Crippen molar-refractivity contribution in [2.75, 3.05) is 6.54 Å². The summed E-state index contributed by atoms with van der Waals surface area (Å²) in [4.78, 5) is 40.7. The number of halogens is 2. The highest BCUT2D eigenvalue weighted by Crippen LogP contribution is 2.26. The van der Waals surface area contributed by atoms with Crippen LogP contribution in [-0.4, -0.2) is 68.5 Å².